The Labute approximate surface area is 184 Å². The number of aliphatic hydroxyl groups is 1. The molecule has 0 saturated heterocycles. The van der Waals surface area contributed by atoms with Gasteiger partial charge in [-0.1, -0.05) is 12.1 Å². The van der Waals surface area contributed by atoms with Crippen LogP contribution in [-0.2, 0) is 20.1 Å². The Morgan fingerprint density at radius 1 is 1.22 bits per heavy atom. The summed E-state index contributed by atoms with van der Waals surface area (Å²) in [4.78, 5) is 18.1. The van der Waals surface area contributed by atoms with Gasteiger partial charge < -0.3 is 10.0 Å². The van der Waals surface area contributed by atoms with Crippen LogP contribution in [0.4, 0.5) is 8.78 Å². The molecule has 4 aromatic rings. The second-order valence-corrected chi connectivity index (χ2v) is 7.89. The molecule has 8 heteroatoms. The largest absolute Gasteiger partial charge is 0.389 e. The quantitative estimate of drug-likeness (QED) is 0.524. The number of hydrogen-bond donors (Lipinski definition) is 1. The van der Waals surface area contributed by atoms with Crippen molar-refractivity contribution in [3.8, 4) is 11.1 Å². The van der Waals surface area contributed by atoms with Gasteiger partial charge in [-0.2, -0.15) is 5.10 Å². The zero-order chi connectivity index (χ0) is 23.5. The van der Waals surface area contributed by atoms with Crippen molar-refractivity contribution in [3.63, 3.8) is 0 Å². The lowest BCUT2D eigenvalue weighted by atomic mass is 9.96. The molecule has 0 saturated carbocycles. The minimum atomic E-state index is -1.87. The first-order valence-electron chi connectivity index (χ1n) is 10.5. The van der Waals surface area contributed by atoms with Crippen LogP contribution < -0.4 is 0 Å². The summed E-state index contributed by atoms with van der Waals surface area (Å²) in [5.41, 5.74) is 2.31. The van der Waals surface area contributed by atoms with Crippen molar-refractivity contribution in [2.75, 3.05) is 0 Å². The minimum absolute atomic E-state index is 0.195. The predicted octanol–water partition coefficient (Wildman–Crippen LogP) is 4.12. The molecule has 1 aliphatic rings. The van der Waals surface area contributed by atoms with Crippen LogP contribution in [0.1, 0.15) is 41.6 Å². The highest BCUT2D eigenvalue weighted by atomic mass is 19.1. The van der Waals surface area contributed by atoms with Crippen LogP contribution in [0.15, 0.2) is 48.8 Å². The summed E-state index contributed by atoms with van der Waals surface area (Å²) in [6, 6.07) is 8.91. The Morgan fingerprint density at radius 3 is 2.66 bits per heavy atom. The fourth-order valence-electron chi connectivity index (χ4n) is 4.17. The third-order valence-electron chi connectivity index (χ3n) is 5.73. The Morgan fingerprint density at radius 2 is 1.97 bits per heavy atom. The SMILES string of the molecule is [2H][C@@](C)(O)c1ccc(-c2cc(F)c(CN3Cc4ncccc4C3=O)c(F)c2)c2cn(C)nc12. The van der Waals surface area contributed by atoms with E-state index in [2.05, 4.69) is 10.1 Å². The number of halogens is 2. The molecule has 1 atom stereocenters. The predicted molar refractivity (Wildman–Crippen MR) is 115 cm³/mol. The van der Waals surface area contributed by atoms with E-state index in [0.717, 1.165) is 0 Å². The van der Waals surface area contributed by atoms with Crippen molar-refractivity contribution in [1.82, 2.24) is 19.7 Å². The molecule has 32 heavy (non-hydrogen) atoms. The standard InChI is InChI=1S/C24H20F2N4O2/c1-13(31)15-5-6-16(18-10-29(2)28-23(15)18)14-8-20(25)19(21(26)9-14)11-30-12-22-17(24(30)32)4-3-7-27-22/h3-10,13,31H,11-12H2,1-2H3/t13-/m0/s1/i13D. The molecule has 1 aliphatic heterocycles. The van der Waals surface area contributed by atoms with Gasteiger partial charge in [0, 0.05) is 36.0 Å². The number of benzene rings is 2. The van der Waals surface area contributed by atoms with Crippen LogP contribution in [0.5, 0.6) is 0 Å². The number of hydrogen-bond acceptors (Lipinski definition) is 4. The Hall–Kier alpha value is -3.65. The molecule has 6 nitrogen and oxygen atoms in total. The van der Waals surface area contributed by atoms with Gasteiger partial charge in [-0.15, -0.1) is 0 Å². The number of rotatable bonds is 4. The van der Waals surface area contributed by atoms with E-state index >= 15 is 8.78 Å². The summed E-state index contributed by atoms with van der Waals surface area (Å²) in [5, 5.41) is 15.0. The molecular weight excluding hydrogens is 414 g/mol. The van der Waals surface area contributed by atoms with Gasteiger partial charge in [0.2, 0.25) is 0 Å². The number of fused-ring (bicyclic) bond motifs is 2. The normalized spacial score (nSPS) is 15.7. The highest BCUT2D eigenvalue weighted by Gasteiger charge is 2.29. The molecule has 162 valence electrons. The van der Waals surface area contributed by atoms with E-state index < -0.39 is 17.7 Å². The average molecular weight is 435 g/mol. The van der Waals surface area contributed by atoms with Crippen LogP contribution in [-0.4, -0.2) is 30.7 Å². The van der Waals surface area contributed by atoms with Gasteiger partial charge in [-0.05, 0) is 42.3 Å². The summed E-state index contributed by atoms with van der Waals surface area (Å²) in [6.45, 7) is 1.31. The van der Waals surface area contributed by atoms with E-state index in [0.29, 0.717) is 38.9 Å². The van der Waals surface area contributed by atoms with Gasteiger partial charge in [0.25, 0.3) is 5.91 Å². The number of amides is 1. The van der Waals surface area contributed by atoms with Crippen LogP contribution in [0.2, 0.25) is 0 Å². The van der Waals surface area contributed by atoms with Crippen molar-refractivity contribution in [3.05, 3.63) is 82.8 Å². The van der Waals surface area contributed by atoms with E-state index in [4.69, 9.17) is 1.37 Å². The first kappa shape index (κ1) is 19.1. The molecular formula is C24H20F2N4O2. The zero-order valence-corrected chi connectivity index (χ0v) is 17.4. The maximum absolute atomic E-state index is 15.1. The Bertz CT molecular complexity index is 1400. The second-order valence-electron chi connectivity index (χ2n) is 7.89. The molecule has 0 bridgehead atoms. The maximum Gasteiger partial charge on any atom is 0.256 e. The molecule has 0 unspecified atom stereocenters. The van der Waals surface area contributed by atoms with E-state index in [1.807, 2.05) is 0 Å². The molecule has 0 aliphatic carbocycles. The molecule has 2 aromatic carbocycles. The van der Waals surface area contributed by atoms with Gasteiger partial charge in [0.05, 0.1) is 37.3 Å². The minimum Gasteiger partial charge on any atom is -0.389 e. The molecule has 5 rings (SSSR count). The number of nitrogens with zero attached hydrogens (tertiary/aromatic N) is 4. The first-order valence-corrected chi connectivity index (χ1v) is 10.0. The molecule has 2 aromatic heterocycles. The number of carbonyl (C=O) groups excluding carboxylic acids is 1. The molecule has 1 N–H and O–H groups in total. The summed E-state index contributed by atoms with van der Waals surface area (Å²) >= 11 is 0. The zero-order valence-electron chi connectivity index (χ0n) is 18.4. The fourth-order valence-corrected chi connectivity index (χ4v) is 4.17. The fraction of sp³-hybridized carbons (Fsp3) is 0.208. The van der Waals surface area contributed by atoms with Gasteiger partial charge in [-0.3, -0.25) is 14.5 Å². The number of pyridine rings is 1. The molecule has 0 fully saturated rings. The molecule has 3 heterocycles. The van der Waals surface area contributed by atoms with E-state index in [1.165, 1.54) is 34.7 Å². The third-order valence-corrected chi connectivity index (χ3v) is 5.73. The highest BCUT2D eigenvalue weighted by molar-refractivity contribution is 5.98. The second kappa shape index (κ2) is 7.49. The lowest BCUT2D eigenvalue weighted by Crippen LogP contribution is -2.24. The van der Waals surface area contributed by atoms with Crippen molar-refractivity contribution < 1.29 is 20.1 Å². The number of carbonyl (C=O) groups is 1. The van der Waals surface area contributed by atoms with Crippen molar-refractivity contribution in [1.29, 1.82) is 0 Å². The van der Waals surface area contributed by atoms with Crippen LogP contribution >= 0.6 is 0 Å². The van der Waals surface area contributed by atoms with E-state index in [-0.39, 0.29) is 24.6 Å². The topological polar surface area (TPSA) is 71.2 Å². The average Bonchev–Trinajstić information content (AvgIpc) is 3.28. The van der Waals surface area contributed by atoms with Gasteiger partial charge >= 0.3 is 0 Å². The van der Waals surface area contributed by atoms with Gasteiger partial charge in [0.1, 0.15) is 11.6 Å². The molecule has 1 amide bonds. The molecule has 0 spiro atoms. The van der Waals surface area contributed by atoms with Crippen LogP contribution in [0.25, 0.3) is 22.0 Å². The van der Waals surface area contributed by atoms with Crippen LogP contribution in [0, 0.1) is 11.6 Å². The maximum atomic E-state index is 15.1. The Kier molecular flexibility index (Phi) is 4.46. The van der Waals surface area contributed by atoms with E-state index in [9.17, 15) is 9.90 Å². The lowest BCUT2D eigenvalue weighted by Gasteiger charge is -2.17. The summed E-state index contributed by atoms with van der Waals surface area (Å²) in [5.74, 6) is -1.85. The summed E-state index contributed by atoms with van der Waals surface area (Å²) < 4.78 is 39.7. The summed E-state index contributed by atoms with van der Waals surface area (Å²) in [6.07, 6.45) is 1.38. The van der Waals surface area contributed by atoms with Crippen molar-refractivity contribution in [2.24, 2.45) is 7.05 Å². The lowest BCUT2D eigenvalue weighted by molar-refractivity contribution is 0.0763. The monoisotopic (exact) mass is 435 g/mol. The van der Waals surface area contributed by atoms with Crippen LogP contribution in [0.3, 0.4) is 0 Å². The van der Waals surface area contributed by atoms with Crippen molar-refractivity contribution >= 4 is 16.8 Å². The van der Waals surface area contributed by atoms with Crippen molar-refractivity contribution in [2.45, 2.75) is 26.1 Å². The first-order chi connectivity index (χ1) is 15.6. The number of aryl methyl sites for hydroxylation is 1. The third kappa shape index (κ3) is 3.23. The molecule has 0 radical (unpaired) electrons. The summed E-state index contributed by atoms with van der Waals surface area (Å²) in [7, 11) is 1.69. The van der Waals surface area contributed by atoms with Gasteiger partial charge in [-0.25, -0.2) is 8.78 Å². The van der Waals surface area contributed by atoms with E-state index in [1.54, 1.807) is 37.6 Å². The highest BCUT2D eigenvalue weighted by Crippen LogP contribution is 2.34. The Balaban J connectivity index is 1.53. The number of aromatic nitrogens is 3. The smallest absolute Gasteiger partial charge is 0.256 e. The van der Waals surface area contributed by atoms with Gasteiger partial charge in [0.15, 0.2) is 0 Å².